The average molecular weight is 366 g/mol. The van der Waals surface area contributed by atoms with E-state index in [1.807, 2.05) is 34.9 Å². The van der Waals surface area contributed by atoms with Gasteiger partial charge in [0.25, 0.3) is 0 Å². The van der Waals surface area contributed by atoms with Crippen molar-refractivity contribution in [2.24, 2.45) is 0 Å². The zero-order valence-corrected chi connectivity index (χ0v) is 15.1. The fraction of sp³-hybridized carbons (Fsp3) is 0.158. The molecule has 0 amide bonds. The minimum Gasteiger partial charge on any atom is -0.465 e. The van der Waals surface area contributed by atoms with Crippen LogP contribution in [0.3, 0.4) is 0 Å². The molecule has 0 aliphatic heterocycles. The average Bonchev–Trinajstić information content (AvgIpc) is 3.10. The summed E-state index contributed by atoms with van der Waals surface area (Å²) in [5.74, 6) is 1.17. The normalized spacial score (nSPS) is 10.5. The number of allylic oxidation sites excluding steroid dienone is 1. The fourth-order valence-corrected chi connectivity index (χ4v) is 3.31. The summed E-state index contributed by atoms with van der Waals surface area (Å²) >= 11 is 1.59. The van der Waals surface area contributed by atoms with Gasteiger partial charge in [0.2, 0.25) is 0 Å². The van der Waals surface area contributed by atoms with E-state index in [0.717, 1.165) is 22.1 Å². The lowest BCUT2D eigenvalue weighted by atomic mass is 10.1. The first-order chi connectivity index (χ1) is 12.7. The van der Waals surface area contributed by atoms with Gasteiger partial charge >= 0.3 is 5.97 Å². The van der Waals surface area contributed by atoms with Gasteiger partial charge in [0.05, 0.1) is 12.7 Å². The molecule has 0 aliphatic rings. The number of methoxy groups -OCH3 is 1. The van der Waals surface area contributed by atoms with E-state index < -0.39 is 0 Å². The maximum Gasteiger partial charge on any atom is 0.337 e. The number of benzene rings is 1. The number of carbonyl (C=O) groups excluding carboxylic acids is 1. The van der Waals surface area contributed by atoms with Crippen LogP contribution in [-0.2, 0) is 17.0 Å². The molecule has 132 valence electrons. The van der Waals surface area contributed by atoms with Gasteiger partial charge in [-0.3, -0.25) is 9.55 Å². The van der Waals surface area contributed by atoms with Crippen LogP contribution in [0.2, 0.25) is 0 Å². The van der Waals surface area contributed by atoms with E-state index >= 15 is 0 Å². The molecule has 6 nitrogen and oxygen atoms in total. The van der Waals surface area contributed by atoms with Gasteiger partial charge in [-0.25, -0.2) is 4.79 Å². The lowest BCUT2D eigenvalue weighted by Crippen LogP contribution is -2.01. The lowest BCUT2D eigenvalue weighted by Gasteiger charge is -2.08. The number of ether oxygens (including phenoxy) is 1. The van der Waals surface area contributed by atoms with E-state index in [4.69, 9.17) is 4.74 Å². The van der Waals surface area contributed by atoms with Gasteiger partial charge in [0.1, 0.15) is 0 Å². The Morgan fingerprint density at radius 3 is 2.58 bits per heavy atom. The third-order valence-electron chi connectivity index (χ3n) is 3.71. The van der Waals surface area contributed by atoms with Crippen molar-refractivity contribution in [2.45, 2.75) is 17.5 Å². The molecule has 0 saturated carbocycles. The number of pyridine rings is 1. The summed E-state index contributed by atoms with van der Waals surface area (Å²) in [6.07, 6.45) is 5.29. The smallest absolute Gasteiger partial charge is 0.337 e. The highest BCUT2D eigenvalue weighted by Crippen LogP contribution is 2.26. The predicted molar refractivity (Wildman–Crippen MR) is 101 cm³/mol. The van der Waals surface area contributed by atoms with Crippen molar-refractivity contribution in [3.63, 3.8) is 0 Å². The van der Waals surface area contributed by atoms with Gasteiger partial charge in [-0.05, 0) is 29.8 Å². The molecular formula is C19H18N4O2S. The third kappa shape index (κ3) is 4.00. The number of nitrogens with zero attached hydrogens (tertiary/aromatic N) is 4. The van der Waals surface area contributed by atoms with Crippen molar-refractivity contribution in [1.29, 1.82) is 0 Å². The summed E-state index contributed by atoms with van der Waals surface area (Å²) in [6, 6.07) is 11.2. The van der Waals surface area contributed by atoms with Crippen molar-refractivity contribution in [2.75, 3.05) is 7.11 Å². The zero-order valence-electron chi connectivity index (χ0n) is 14.3. The molecule has 2 aromatic heterocycles. The number of hydrogen-bond donors (Lipinski definition) is 0. The molecule has 0 atom stereocenters. The molecule has 1 aromatic carbocycles. The monoisotopic (exact) mass is 366 g/mol. The first-order valence-electron chi connectivity index (χ1n) is 7.97. The molecule has 0 unspecified atom stereocenters. The highest BCUT2D eigenvalue weighted by molar-refractivity contribution is 7.98. The fourth-order valence-electron chi connectivity index (χ4n) is 2.41. The molecule has 0 radical (unpaired) electrons. The highest BCUT2D eigenvalue weighted by Gasteiger charge is 2.13. The number of carbonyl (C=O) groups is 1. The topological polar surface area (TPSA) is 69.9 Å². The van der Waals surface area contributed by atoms with Crippen LogP contribution >= 0.6 is 11.8 Å². The molecule has 7 heteroatoms. The van der Waals surface area contributed by atoms with Crippen molar-refractivity contribution in [3.8, 4) is 11.4 Å². The Bertz CT molecular complexity index is 892. The van der Waals surface area contributed by atoms with E-state index in [1.165, 1.54) is 7.11 Å². The maximum absolute atomic E-state index is 11.5. The molecule has 0 spiro atoms. The maximum atomic E-state index is 11.5. The predicted octanol–water partition coefficient (Wildman–Crippen LogP) is 3.61. The van der Waals surface area contributed by atoms with Gasteiger partial charge in [-0.2, -0.15) is 0 Å². The SMILES string of the molecule is C=CCn1c(SCc2ccc(C(=O)OC)cc2)nnc1-c1ccncc1. The Labute approximate surface area is 155 Å². The van der Waals surface area contributed by atoms with Gasteiger partial charge in [0.15, 0.2) is 11.0 Å². The molecule has 0 fully saturated rings. The molecule has 3 rings (SSSR count). The second-order valence-corrected chi connectivity index (χ2v) is 6.36. The molecule has 2 heterocycles. The van der Waals surface area contributed by atoms with Gasteiger partial charge in [0, 0.05) is 30.3 Å². The van der Waals surface area contributed by atoms with Crippen LogP contribution in [0.1, 0.15) is 15.9 Å². The Morgan fingerprint density at radius 1 is 1.19 bits per heavy atom. The second-order valence-electron chi connectivity index (χ2n) is 5.42. The Hall–Kier alpha value is -2.93. The Morgan fingerprint density at radius 2 is 1.92 bits per heavy atom. The van der Waals surface area contributed by atoms with Crippen LogP contribution in [0, 0.1) is 0 Å². The first-order valence-corrected chi connectivity index (χ1v) is 8.96. The zero-order chi connectivity index (χ0) is 18.4. The molecule has 0 N–H and O–H groups in total. The quantitative estimate of drug-likeness (QED) is 0.361. The molecular weight excluding hydrogens is 348 g/mol. The van der Waals surface area contributed by atoms with Crippen molar-refractivity contribution in [3.05, 3.63) is 72.6 Å². The van der Waals surface area contributed by atoms with Crippen molar-refractivity contribution < 1.29 is 9.53 Å². The molecule has 3 aromatic rings. The van der Waals surface area contributed by atoms with Crippen LogP contribution < -0.4 is 0 Å². The van der Waals surface area contributed by atoms with Gasteiger partial charge in [-0.1, -0.05) is 30.0 Å². The van der Waals surface area contributed by atoms with Crippen LogP contribution in [0.5, 0.6) is 0 Å². The molecule has 0 aliphatic carbocycles. The number of esters is 1. The van der Waals surface area contributed by atoms with E-state index in [1.54, 1.807) is 36.3 Å². The van der Waals surface area contributed by atoms with Crippen molar-refractivity contribution in [1.82, 2.24) is 19.7 Å². The first kappa shape index (κ1) is 17.9. The second kappa shape index (κ2) is 8.44. The van der Waals surface area contributed by atoms with Gasteiger partial charge < -0.3 is 4.74 Å². The lowest BCUT2D eigenvalue weighted by molar-refractivity contribution is 0.0600. The van der Waals surface area contributed by atoms with Crippen LogP contribution in [-0.4, -0.2) is 32.8 Å². The summed E-state index contributed by atoms with van der Waals surface area (Å²) in [5, 5.41) is 9.45. The number of hydrogen-bond acceptors (Lipinski definition) is 6. The summed E-state index contributed by atoms with van der Waals surface area (Å²) in [4.78, 5) is 15.5. The summed E-state index contributed by atoms with van der Waals surface area (Å²) < 4.78 is 6.74. The summed E-state index contributed by atoms with van der Waals surface area (Å²) in [7, 11) is 1.37. The third-order valence-corrected chi connectivity index (χ3v) is 4.75. The van der Waals surface area contributed by atoms with E-state index in [0.29, 0.717) is 17.9 Å². The van der Waals surface area contributed by atoms with Gasteiger partial charge in [-0.15, -0.1) is 16.8 Å². The largest absolute Gasteiger partial charge is 0.465 e. The molecule has 0 bridgehead atoms. The Kier molecular flexibility index (Phi) is 5.80. The molecule has 26 heavy (non-hydrogen) atoms. The number of thioether (sulfide) groups is 1. The standard InChI is InChI=1S/C19H18N4O2S/c1-3-12-23-17(15-8-10-20-11-9-15)21-22-19(23)26-13-14-4-6-16(7-5-14)18(24)25-2/h3-11H,1,12-13H2,2H3. The summed E-state index contributed by atoms with van der Waals surface area (Å²) in [6.45, 7) is 4.44. The van der Waals surface area contributed by atoms with E-state index in [-0.39, 0.29) is 5.97 Å². The van der Waals surface area contributed by atoms with Crippen LogP contribution in [0.25, 0.3) is 11.4 Å². The number of aromatic nitrogens is 4. The molecule has 0 saturated heterocycles. The van der Waals surface area contributed by atoms with E-state index in [9.17, 15) is 4.79 Å². The minimum absolute atomic E-state index is 0.336. The highest BCUT2D eigenvalue weighted by atomic mass is 32.2. The van der Waals surface area contributed by atoms with Crippen LogP contribution in [0.4, 0.5) is 0 Å². The van der Waals surface area contributed by atoms with Crippen molar-refractivity contribution >= 4 is 17.7 Å². The minimum atomic E-state index is -0.336. The number of rotatable bonds is 7. The Balaban J connectivity index is 1.76. The van der Waals surface area contributed by atoms with E-state index in [2.05, 4.69) is 21.8 Å². The van der Waals surface area contributed by atoms with Crippen LogP contribution in [0.15, 0.2) is 66.6 Å². The summed E-state index contributed by atoms with van der Waals surface area (Å²) in [5.41, 5.74) is 2.58.